The number of thioether (sulfide) groups is 2. The summed E-state index contributed by atoms with van der Waals surface area (Å²) in [5.41, 5.74) is 3.30. The molecule has 0 bridgehead atoms. The van der Waals surface area contributed by atoms with Crippen molar-refractivity contribution in [1.29, 1.82) is 0 Å². The van der Waals surface area contributed by atoms with Crippen molar-refractivity contribution < 1.29 is 24.2 Å². The van der Waals surface area contributed by atoms with E-state index in [9.17, 15) is 14.7 Å². The lowest BCUT2D eigenvalue weighted by atomic mass is 10.0. The van der Waals surface area contributed by atoms with Gasteiger partial charge in [0.15, 0.2) is 0 Å². The molecule has 0 unspecified atom stereocenters. The van der Waals surface area contributed by atoms with Gasteiger partial charge in [0, 0.05) is 17.4 Å². The Morgan fingerprint density at radius 1 is 0.585 bits per heavy atom. The van der Waals surface area contributed by atoms with Crippen LogP contribution >= 0.6 is 23.5 Å². The Hall–Kier alpha value is -3.52. The fourth-order valence-electron chi connectivity index (χ4n) is 4.09. The van der Waals surface area contributed by atoms with Crippen molar-refractivity contribution in [3.63, 3.8) is 0 Å². The Labute approximate surface area is 250 Å². The normalized spacial score (nSPS) is 12.4. The van der Waals surface area contributed by atoms with Crippen molar-refractivity contribution in [3.8, 4) is 0 Å². The second-order valence-electron chi connectivity index (χ2n) is 9.51. The Bertz CT molecular complexity index is 1280. The fourth-order valence-corrected chi connectivity index (χ4v) is 6.79. The number of rotatable bonds is 15. The van der Waals surface area contributed by atoms with Gasteiger partial charge in [-0.25, -0.2) is 9.59 Å². The Balaban J connectivity index is 1.45. The zero-order valence-corrected chi connectivity index (χ0v) is 24.3. The molecule has 0 aliphatic heterocycles. The Morgan fingerprint density at radius 3 is 1.41 bits per heavy atom. The van der Waals surface area contributed by atoms with Gasteiger partial charge < -0.3 is 14.6 Å². The van der Waals surface area contributed by atoms with Crippen molar-refractivity contribution in [2.75, 3.05) is 13.2 Å². The third-order valence-electron chi connectivity index (χ3n) is 6.43. The summed E-state index contributed by atoms with van der Waals surface area (Å²) >= 11 is 3.59. The summed E-state index contributed by atoms with van der Waals surface area (Å²) in [5.74, 6) is 0.224. The molecule has 4 rings (SSSR count). The maximum Gasteiger partial charge on any atom is 0.338 e. The molecule has 0 radical (unpaired) electrons. The largest absolute Gasteiger partial charge is 0.462 e. The number of aliphatic hydroxyl groups excluding tert-OH is 1. The summed E-state index contributed by atoms with van der Waals surface area (Å²) in [4.78, 5) is 25.3. The molecular weight excluding hydrogens is 553 g/mol. The van der Waals surface area contributed by atoms with E-state index >= 15 is 0 Å². The van der Waals surface area contributed by atoms with E-state index < -0.39 is 24.0 Å². The summed E-state index contributed by atoms with van der Waals surface area (Å²) in [5, 5.41) is 11.2. The maximum atomic E-state index is 12.7. The van der Waals surface area contributed by atoms with Crippen LogP contribution in [-0.4, -0.2) is 40.9 Å². The van der Waals surface area contributed by atoms with E-state index in [-0.39, 0.29) is 17.8 Å². The molecule has 0 fully saturated rings. The first-order valence-corrected chi connectivity index (χ1v) is 15.6. The van der Waals surface area contributed by atoms with Crippen LogP contribution in [0.3, 0.4) is 0 Å². The van der Waals surface area contributed by atoms with E-state index in [2.05, 4.69) is 24.3 Å². The predicted octanol–water partition coefficient (Wildman–Crippen LogP) is 7.26. The maximum absolute atomic E-state index is 12.7. The van der Waals surface area contributed by atoms with Crippen molar-refractivity contribution in [3.05, 3.63) is 144 Å². The van der Waals surface area contributed by atoms with Crippen LogP contribution in [0.2, 0.25) is 0 Å². The van der Waals surface area contributed by atoms with E-state index in [1.165, 1.54) is 11.1 Å². The van der Waals surface area contributed by atoms with Crippen LogP contribution < -0.4 is 0 Å². The van der Waals surface area contributed by atoms with Crippen LogP contribution in [0.1, 0.15) is 38.3 Å². The fraction of sp³-hybridized carbons (Fsp3) is 0.235. The van der Waals surface area contributed by atoms with Gasteiger partial charge in [0.25, 0.3) is 0 Å². The van der Waals surface area contributed by atoms with Gasteiger partial charge in [-0.3, -0.25) is 0 Å². The minimum atomic E-state index is -1.01. The minimum absolute atomic E-state index is 0.00603. The van der Waals surface area contributed by atoms with Crippen LogP contribution in [0.4, 0.5) is 0 Å². The second kappa shape index (κ2) is 16.7. The highest BCUT2D eigenvalue weighted by atomic mass is 32.2. The monoisotopic (exact) mass is 586 g/mol. The van der Waals surface area contributed by atoms with Crippen molar-refractivity contribution in [2.24, 2.45) is 5.92 Å². The predicted molar refractivity (Wildman–Crippen MR) is 167 cm³/mol. The molecule has 4 aromatic rings. The van der Waals surface area contributed by atoms with Gasteiger partial charge in [0.1, 0.15) is 6.61 Å². The summed E-state index contributed by atoms with van der Waals surface area (Å²) in [7, 11) is 0. The standard InChI is InChI=1S/C34H34O5S2/c35-31(23-39-34(37)29-19-11-4-12-20-29)30(22-38-33(36)28-17-9-3-10-18-28)21-32(40-24-26-13-5-1-6-14-26)41-25-27-15-7-2-8-16-27/h1-20,30-32,35H,21-25H2/t30-,31+/m1/s1. The number of hydrogen-bond acceptors (Lipinski definition) is 7. The van der Waals surface area contributed by atoms with Crippen molar-refractivity contribution >= 4 is 35.5 Å². The molecule has 0 aliphatic carbocycles. The molecule has 0 heterocycles. The van der Waals surface area contributed by atoms with Gasteiger partial charge in [0.05, 0.1) is 28.4 Å². The zero-order valence-electron chi connectivity index (χ0n) is 22.7. The van der Waals surface area contributed by atoms with E-state index in [1.807, 2.05) is 48.5 Å². The highest BCUT2D eigenvalue weighted by molar-refractivity contribution is 8.16. The van der Waals surface area contributed by atoms with Gasteiger partial charge >= 0.3 is 11.9 Å². The van der Waals surface area contributed by atoms with Crippen molar-refractivity contribution in [1.82, 2.24) is 0 Å². The SMILES string of the molecule is O=C(OC[C@@H](CC(SCc1ccccc1)SCc1ccccc1)[C@@H](O)COC(=O)c1ccccc1)c1ccccc1. The topological polar surface area (TPSA) is 72.8 Å². The second-order valence-corrected chi connectivity index (χ2v) is 12.2. The molecular formula is C34H34O5S2. The molecule has 2 atom stereocenters. The summed E-state index contributed by atoms with van der Waals surface area (Å²) < 4.78 is 11.2. The zero-order chi connectivity index (χ0) is 28.7. The average Bonchev–Trinajstić information content (AvgIpc) is 3.04. The number of hydrogen-bond donors (Lipinski definition) is 1. The molecule has 0 saturated carbocycles. The van der Waals surface area contributed by atoms with E-state index in [1.54, 1.807) is 72.1 Å². The van der Waals surface area contributed by atoms with Crippen LogP contribution in [0.5, 0.6) is 0 Å². The Kier molecular flexibility index (Phi) is 12.4. The smallest absolute Gasteiger partial charge is 0.338 e. The molecule has 4 aromatic carbocycles. The molecule has 5 nitrogen and oxygen atoms in total. The number of carbonyl (C=O) groups excluding carboxylic acids is 2. The van der Waals surface area contributed by atoms with Gasteiger partial charge in [-0.1, -0.05) is 97.1 Å². The minimum Gasteiger partial charge on any atom is -0.462 e. The molecule has 0 amide bonds. The third kappa shape index (κ3) is 10.4. The molecule has 212 valence electrons. The van der Waals surface area contributed by atoms with Gasteiger partial charge in [0.2, 0.25) is 0 Å². The summed E-state index contributed by atoms with van der Waals surface area (Å²) in [6.45, 7) is -0.188. The van der Waals surface area contributed by atoms with Gasteiger partial charge in [-0.05, 0) is 41.8 Å². The molecule has 0 saturated heterocycles. The van der Waals surface area contributed by atoms with Crippen molar-refractivity contribution in [2.45, 2.75) is 28.6 Å². The first kappa shape index (κ1) is 30.4. The van der Waals surface area contributed by atoms with Crippen LogP contribution in [0, 0.1) is 5.92 Å². The molecule has 41 heavy (non-hydrogen) atoms. The van der Waals surface area contributed by atoms with Crippen LogP contribution in [0.25, 0.3) is 0 Å². The molecule has 0 aliphatic rings. The number of aliphatic hydroxyl groups is 1. The lowest BCUT2D eigenvalue weighted by Gasteiger charge is -2.27. The molecule has 7 heteroatoms. The van der Waals surface area contributed by atoms with E-state index in [0.717, 1.165) is 11.5 Å². The van der Waals surface area contributed by atoms with E-state index in [4.69, 9.17) is 9.47 Å². The summed E-state index contributed by atoms with van der Waals surface area (Å²) in [6.07, 6.45) is -0.454. The quantitative estimate of drug-likeness (QED) is 0.116. The lowest BCUT2D eigenvalue weighted by molar-refractivity contribution is -0.0125. The highest BCUT2D eigenvalue weighted by Crippen LogP contribution is 2.35. The number of esters is 2. The first-order chi connectivity index (χ1) is 20.1. The van der Waals surface area contributed by atoms with Crippen LogP contribution in [-0.2, 0) is 21.0 Å². The third-order valence-corrected chi connectivity index (χ3v) is 9.37. The Morgan fingerprint density at radius 2 is 0.976 bits per heavy atom. The lowest BCUT2D eigenvalue weighted by Crippen LogP contribution is -2.33. The van der Waals surface area contributed by atoms with E-state index in [0.29, 0.717) is 17.5 Å². The number of carbonyl (C=O) groups is 2. The highest BCUT2D eigenvalue weighted by Gasteiger charge is 2.27. The van der Waals surface area contributed by atoms with Gasteiger partial charge in [-0.15, -0.1) is 23.5 Å². The number of benzene rings is 4. The molecule has 0 aromatic heterocycles. The summed E-state index contributed by atoms with van der Waals surface area (Å²) in [6, 6.07) is 38.0. The average molecular weight is 587 g/mol. The first-order valence-electron chi connectivity index (χ1n) is 13.5. The molecule has 0 spiro atoms. The van der Waals surface area contributed by atoms with Gasteiger partial charge in [-0.2, -0.15) is 0 Å². The van der Waals surface area contributed by atoms with Crippen LogP contribution in [0.15, 0.2) is 121 Å². The number of ether oxygens (including phenoxy) is 2. The molecule has 1 N–H and O–H groups in total.